The molecule has 28 heavy (non-hydrogen) atoms. The molecule has 1 aromatic carbocycles. The van der Waals surface area contributed by atoms with Crippen LogP contribution in [0.1, 0.15) is 63.5 Å². The quantitative estimate of drug-likeness (QED) is 0.801. The molecule has 1 atom stereocenters. The Labute approximate surface area is 166 Å². The maximum Gasteiger partial charge on any atom is 0.226 e. The normalized spacial score (nSPS) is 31.5. The van der Waals surface area contributed by atoms with Crippen molar-refractivity contribution in [3.8, 4) is 0 Å². The first-order valence-corrected chi connectivity index (χ1v) is 10.7. The van der Waals surface area contributed by atoms with Gasteiger partial charge in [0.1, 0.15) is 5.82 Å². The maximum absolute atomic E-state index is 13.1. The zero-order chi connectivity index (χ0) is 19.9. The summed E-state index contributed by atoms with van der Waals surface area (Å²) in [5, 5.41) is 3.08. The van der Waals surface area contributed by atoms with Gasteiger partial charge in [0, 0.05) is 25.4 Å². The molecule has 4 bridgehead atoms. The van der Waals surface area contributed by atoms with E-state index in [0.29, 0.717) is 13.0 Å². The highest BCUT2D eigenvalue weighted by atomic mass is 19.1. The molecule has 5 heteroatoms. The van der Waals surface area contributed by atoms with Crippen LogP contribution < -0.4 is 5.32 Å². The van der Waals surface area contributed by atoms with Gasteiger partial charge < -0.3 is 10.2 Å². The second-order valence-electron chi connectivity index (χ2n) is 9.44. The van der Waals surface area contributed by atoms with Crippen molar-refractivity contribution in [1.29, 1.82) is 0 Å². The zero-order valence-electron chi connectivity index (χ0n) is 16.9. The van der Waals surface area contributed by atoms with Gasteiger partial charge in [-0.3, -0.25) is 9.59 Å². The number of carbonyl (C=O) groups is 2. The predicted octanol–water partition coefficient (Wildman–Crippen LogP) is 4.07. The lowest BCUT2D eigenvalue weighted by atomic mass is 9.49. The summed E-state index contributed by atoms with van der Waals surface area (Å²) in [6.45, 7) is 2.32. The van der Waals surface area contributed by atoms with Crippen LogP contribution in [-0.4, -0.2) is 30.3 Å². The van der Waals surface area contributed by atoms with Crippen molar-refractivity contribution in [2.45, 2.75) is 57.9 Å². The van der Waals surface area contributed by atoms with E-state index in [2.05, 4.69) is 5.32 Å². The number of carbonyl (C=O) groups excluding carboxylic acids is 2. The summed E-state index contributed by atoms with van der Waals surface area (Å²) < 4.78 is 13.1. The number of hydrogen-bond acceptors (Lipinski definition) is 2. The first-order valence-electron chi connectivity index (χ1n) is 10.7. The Bertz CT molecular complexity index is 710. The van der Waals surface area contributed by atoms with Crippen molar-refractivity contribution >= 4 is 11.8 Å². The van der Waals surface area contributed by atoms with Gasteiger partial charge in [0.05, 0.1) is 6.04 Å². The van der Waals surface area contributed by atoms with Gasteiger partial charge in [-0.2, -0.15) is 0 Å². The molecule has 1 N–H and O–H groups in total. The summed E-state index contributed by atoms with van der Waals surface area (Å²) >= 11 is 0. The molecule has 5 rings (SSSR count). The zero-order valence-corrected chi connectivity index (χ0v) is 16.9. The predicted molar refractivity (Wildman–Crippen MR) is 106 cm³/mol. The average molecular weight is 387 g/mol. The number of nitrogens with one attached hydrogen (secondary N) is 1. The summed E-state index contributed by atoms with van der Waals surface area (Å²) in [5.41, 5.74) is 0.736. The number of benzene rings is 1. The molecule has 0 radical (unpaired) electrons. The molecule has 152 valence electrons. The van der Waals surface area contributed by atoms with Crippen LogP contribution in [-0.2, 0) is 9.59 Å². The third kappa shape index (κ3) is 3.68. The van der Waals surface area contributed by atoms with Crippen LogP contribution in [0.3, 0.4) is 0 Å². The number of nitrogens with zero attached hydrogens (tertiary/aromatic N) is 1. The van der Waals surface area contributed by atoms with Crippen LogP contribution in [0, 0.1) is 29.0 Å². The fraction of sp³-hybridized carbons (Fsp3) is 0.652. The van der Waals surface area contributed by atoms with Crippen LogP contribution in [0.25, 0.3) is 0 Å². The van der Waals surface area contributed by atoms with Crippen LogP contribution in [0.5, 0.6) is 0 Å². The van der Waals surface area contributed by atoms with Crippen LogP contribution in [0.2, 0.25) is 0 Å². The fourth-order valence-electron chi connectivity index (χ4n) is 6.22. The standard InChI is InChI=1S/C23H31FN2O2/c1-15(19-3-5-20(24)6-4-19)26(2)21(27)7-8-25-22(28)23-12-16-9-17(13-23)11-18(10-16)14-23/h3-6,15-18H,7-14H2,1-2H3,(H,25,28). The third-order valence-corrected chi connectivity index (χ3v) is 7.47. The van der Waals surface area contributed by atoms with E-state index in [9.17, 15) is 14.0 Å². The molecule has 0 heterocycles. The minimum Gasteiger partial charge on any atom is -0.355 e. The molecule has 4 saturated carbocycles. The van der Waals surface area contributed by atoms with Gasteiger partial charge in [0.2, 0.25) is 11.8 Å². The summed E-state index contributed by atoms with van der Waals surface area (Å²) in [6, 6.07) is 6.11. The third-order valence-electron chi connectivity index (χ3n) is 7.47. The molecular formula is C23H31FN2O2. The molecule has 2 amide bonds. The van der Waals surface area contributed by atoms with Crippen molar-refractivity contribution < 1.29 is 14.0 Å². The molecule has 0 saturated heterocycles. The molecule has 4 fully saturated rings. The van der Waals surface area contributed by atoms with Crippen molar-refractivity contribution in [2.75, 3.05) is 13.6 Å². The first-order chi connectivity index (χ1) is 13.4. The number of hydrogen-bond donors (Lipinski definition) is 1. The Morgan fingerprint density at radius 1 is 1.11 bits per heavy atom. The second-order valence-corrected chi connectivity index (χ2v) is 9.44. The number of rotatable bonds is 6. The molecule has 0 aromatic heterocycles. The average Bonchev–Trinajstić information content (AvgIpc) is 2.66. The fourth-order valence-corrected chi connectivity index (χ4v) is 6.22. The lowest BCUT2D eigenvalue weighted by molar-refractivity contribution is -0.146. The molecule has 4 aliphatic carbocycles. The van der Waals surface area contributed by atoms with E-state index in [4.69, 9.17) is 0 Å². The van der Waals surface area contributed by atoms with Gasteiger partial charge >= 0.3 is 0 Å². The van der Waals surface area contributed by atoms with Crippen LogP contribution >= 0.6 is 0 Å². The van der Waals surface area contributed by atoms with E-state index in [0.717, 1.165) is 42.6 Å². The number of amides is 2. The van der Waals surface area contributed by atoms with Crippen molar-refractivity contribution in [3.05, 3.63) is 35.6 Å². The lowest BCUT2D eigenvalue weighted by Gasteiger charge is -2.55. The molecule has 1 aromatic rings. The van der Waals surface area contributed by atoms with Crippen LogP contribution in [0.15, 0.2) is 24.3 Å². The second kappa shape index (κ2) is 7.49. The van der Waals surface area contributed by atoms with E-state index in [-0.39, 0.29) is 29.1 Å². The van der Waals surface area contributed by atoms with Gasteiger partial charge in [-0.05, 0) is 80.9 Å². The largest absolute Gasteiger partial charge is 0.355 e. The van der Waals surface area contributed by atoms with E-state index in [1.807, 2.05) is 6.92 Å². The molecule has 0 aliphatic heterocycles. The summed E-state index contributed by atoms with van der Waals surface area (Å²) in [7, 11) is 1.76. The monoisotopic (exact) mass is 386 g/mol. The highest BCUT2D eigenvalue weighted by Gasteiger charge is 2.54. The Balaban J connectivity index is 1.28. The van der Waals surface area contributed by atoms with Crippen molar-refractivity contribution in [1.82, 2.24) is 10.2 Å². The minimum absolute atomic E-state index is 0.0114. The molecular weight excluding hydrogens is 355 g/mol. The van der Waals surface area contributed by atoms with Crippen LogP contribution in [0.4, 0.5) is 4.39 Å². The van der Waals surface area contributed by atoms with Gasteiger partial charge in [0.25, 0.3) is 0 Å². The van der Waals surface area contributed by atoms with Crippen molar-refractivity contribution in [3.63, 3.8) is 0 Å². The van der Waals surface area contributed by atoms with Gasteiger partial charge in [-0.25, -0.2) is 4.39 Å². The Kier molecular flexibility index (Phi) is 5.19. The summed E-state index contributed by atoms with van der Waals surface area (Å²) in [6.07, 6.45) is 7.37. The summed E-state index contributed by atoms with van der Waals surface area (Å²) in [5.74, 6) is 2.09. The molecule has 1 unspecified atom stereocenters. The van der Waals surface area contributed by atoms with Crippen molar-refractivity contribution in [2.24, 2.45) is 23.2 Å². The van der Waals surface area contributed by atoms with E-state index in [1.54, 1.807) is 24.1 Å². The Morgan fingerprint density at radius 2 is 1.64 bits per heavy atom. The van der Waals surface area contributed by atoms with E-state index >= 15 is 0 Å². The van der Waals surface area contributed by atoms with Gasteiger partial charge in [-0.15, -0.1) is 0 Å². The SMILES string of the molecule is CC(c1ccc(F)cc1)N(C)C(=O)CCNC(=O)C12CC3CC(CC(C3)C1)C2. The first kappa shape index (κ1) is 19.4. The molecule has 0 spiro atoms. The van der Waals surface area contributed by atoms with Gasteiger partial charge in [-0.1, -0.05) is 12.1 Å². The summed E-state index contributed by atoms with van der Waals surface area (Å²) in [4.78, 5) is 27.2. The number of halogens is 1. The minimum atomic E-state index is -0.280. The Morgan fingerprint density at radius 3 is 2.18 bits per heavy atom. The topological polar surface area (TPSA) is 49.4 Å². The van der Waals surface area contributed by atoms with E-state index < -0.39 is 0 Å². The molecule has 4 aliphatic rings. The lowest BCUT2D eigenvalue weighted by Crippen LogP contribution is -2.53. The smallest absolute Gasteiger partial charge is 0.226 e. The highest BCUT2D eigenvalue weighted by Crippen LogP contribution is 2.60. The highest BCUT2D eigenvalue weighted by molar-refractivity contribution is 5.84. The van der Waals surface area contributed by atoms with E-state index in [1.165, 1.54) is 31.4 Å². The maximum atomic E-state index is 13.1. The molecule has 4 nitrogen and oxygen atoms in total. The Hall–Kier alpha value is -1.91. The van der Waals surface area contributed by atoms with Gasteiger partial charge in [0.15, 0.2) is 0 Å².